The number of carbonyl (C=O) groups excluding carboxylic acids is 3. The SMILES string of the molecule is O=C(Nc1ccc(C(=O)N=C2C=CC3CC(S(=O)(=O)O)=CC(O)=C3C2)cc1)Nc1ccc(C(=O)N=C2C=CC3CC(S(=O)(=O)O)=CC(O)=C3C2)cc1. The van der Waals surface area contributed by atoms with Gasteiger partial charge in [-0.2, -0.15) is 16.8 Å². The molecule has 52 heavy (non-hydrogen) atoms. The molecule has 6 N–H and O–H groups in total. The highest BCUT2D eigenvalue weighted by molar-refractivity contribution is 7.90. The van der Waals surface area contributed by atoms with Crippen LogP contribution in [0.3, 0.4) is 0 Å². The van der Waals surface area contributed by atoms with Crippen LogP contribution in [0.5, 0.6) is 0 Å². The van der Waals surface area contributed by atoms with Crippen LogP contribution in [0, 0.1) is 11.8 Å². The van der Waals surface area contributed by atoms with E-state index in [0.717, 1.165) is 12.2 Å². The Bertz CT molecular complexity index is 2200. The second-order valence-electron chi connectivity index (χ2n) is 12.2. The average molecular weight is 747 g/mol. The number of nitrogens with zero attached hydrogens (tertiary/aromatic N) is 2. The highest BCUT2D eigenvalue weighted by Crippen LogP contribution is 2.37. The first-order chi connectivity index (χ1) is 24.5. The maximum atomic E-state index is 12.8. The fourth-order valence-electron chi connectivity index (χ4n) is 6.03. The summed E-state index contributed by atoms with van der Waals surface area (Å²) in [4.78, 5) is 45.9. The summed E-state index contributed by atoms with van der Waals surface area (Å²) in [5, 5.41) is 25.9. The molecule has 0 aliphatic heterocycles. The number of hydrogen-bond donors (Lipinski definition) is 6. The van der Waals surface area contributed by atoms with E-state index < -0.39 is 49.9 Å². The molecule has 4 amide bonds. The number of nitrogens with one attached hydrogen (secondary N) is 2. The summed E-state index contributed by atoms with van der Waals surface area (Å²) in [6.07, 6.45) is 8.55. The standard InChI is InChI=1S/C35H30N4O11S2/c40-31-17-27(51(45,46)47)13-21-5-11-25(15-29(21)31)36-33(42)19-1-7-23(8-2-19)38-35(44)39-24-9-3-20(4-10-24)34(43)37-26-12-6-22-14-28(52(48,49)50)18-32(41)30(22)16-26/h1-12,17-18,21-22,40-41H,13-16H2,(H2,38,39,44)(H,45,46,47)(H,48,49,50). The van der Waals surface area contributed by atoms with Crippen molar-refractivity contribution in [3.05, 3.63) is 129 Å². The van der Waals surface area contributed by atoms with E-state index in [1.54, 1.807) is 24.3 Å². The first-order valence-corrected chi connectivity index (χ1v) is 18.5. The molecule has 4 aliphatic carbocycles. The van der Waals surface area contributed by atoms with Gasteiger partial charge in [-0.15, -0.1) is 0 Å². The van der Waals surface area contributed by atoms with Gasteiger partial charge in [0.1, 0.15) is 11.5 Å². The Labute approximate surface area is 297 Å². The molecule has 0 saturated heterocycles. The summed E-state index contributed by atoms with van der Waals surface area (Å²) in [7, 11) is -8.89. The predicted molar refractivity (Wildman–Crippen MR) is 191 cm³/mol. The summed E-state index contributed by atoms with van der Waals surface area (Å²) in [5.41, 5.74) is 2.87. The molecule has 0 saturated carbocycles. The van der Waals surface area contributed by atoms with Gasteiger partial charge in [0, 0.05) is 58.6 Å². The van der Waals surface area contributed by atoms with Gasteiger partial charge in [-0.3, -0.25) is 18.7 Å². The lowest BCUT2D eigenvalue weighted by Crippen LogP contribution is -2.20. The maximum Gasteiger partial charge on any atom is 0.323 e. The minimum Gasteiger partial charge on any atom is -0.508 e. The van der Waals surface area contributed by atoms with Crippen molar-refractivity contribution < 1.29 is 50.5 Å². The third-order valence-electron chi connectivity index (χ3n) is 8.71. The smallest absolute Gasteiger partial charge is 0.323 e. The quantitative estimate of drug-likeness (QED) is 0.198. The number of hydrogen-bond acceptors (Lipinski definition) is 9. The first-order valence-electron chi connectivity index (χ1n) is 15.6. The molecule has 2 unspecified atom stereocenters. The Kier molecular flexibility index (Phi) is 9.78. The largest absolute Gasteiger partial charge is 0.508 e. The summed E-state index contributed by atoms with van der Waals surface area (Å²) >= 11 is 0. The van der Waals surface area contributed by atoms with Gasteiger partial charge in [0.15, 0.2) is 0 Å². The van der Waals surface area contributed by atoms with Gasteiger partial charge in [-0.25, -0.2) is 14.8 Å². The number of carbonyl (C=O) groups is 3. The van der Waals surface area contributed by atoms with Crippen molar-refractivity contribution in [1.29, 1.82) is 0 Å². The van der Waals surface area contributed by atoms with Crippen molar-refractivity contribution in [3.8, 4) is 0 Å². The normalized spacial score (nSPS) is 21.7. The van der Waals surface area contributed by atoms with E-state index >= 15 is 0 Å². The van der Waals surface area contributed by atoms with E-state index in [-0.39, 0.29) is 58.1 Å². The molecule has 0 radical (unpaired) electrons. The van der Waals surface area contributed by atoms with Gasteiger partial charge < -0.3 is 20.8 Å². The molecule has 0 bridgehead atoms. The summed E-state index contributed by atoms with van der Waals surface area (Å²) < 4.78 is 64.5. The Hall–Kier alpha value is -5.75. The molecule has 0 aromatic heterocycles. The van der Waals surface area contributed by atoms with Gasteiger partial charge in [-0.05, 0) is 96.8 Å². The summed E-state index contributed by atoms with van der Waals surface area (Å²) in [6, 6.07) is 11.3. The van der Waals surface area contributed by atoms with Crippen molar-refractivity contribution >= 4 is 60.9 Å². The predicted octanol–water partition coefficient (Wildman–Crippen LogP) is 5.62. The molecule has 15 nitrogen and oxygen atoms in total. The van der Waals surface area contributed by atoms with Gasteiger partial charge in [0.2, 0.25) is 0 Å². The van der Waals surface area contributed by atoms with Crippen molar-refractivity contribution in [3.63, 3.8) is 0 Å². The van der Waals surface area contributed by atoms with Crippen LogP contribution in [0.15, 0.2) is 127 Å². The molecule has 2 aromatic rings. The minimum atomic E-state index is -4.44. The average Bonchev–Trinajstić information content (AvgIpc) is 3.08. The molecular formula is C35H30N4O11S2. The number of aliphatic imine (C=N–C) groups is 2. The first kappa shape index (κ1) is 36.1. The van der Waals surface area contributed by atoms with Crippen LogP contribution in [-0.2, 0) is 20.2 Å². The molecule has 0 heterocycles. The number of aliphatic hydroxyl groups excluding tert-OH is 2. The van der Waals surface area contributed by atoms with E-state index in [0.29, 0.717) is 33.9 Å². The molecule has 0 spiro atoms. The number of benzene rings is 2. The van der Waals surface area contributed by atoms with Crippen LogP contribution in [0.4, 0.5) is 16.2 Å². The zero-order valence-electron chi connectivity index (χ0n) is 26.9. The van der Waals surface area contributed by atoms with Crippen molar-refractivity contribution in [2.24, 2.45) is 21.8 Å². The van der Waals surface area contributed by atoms with Crippen LogP contribution in [0.25, 0.3) is 0 Å². The lowest BCUT2D eigenvalue weighted by molar-refractivity contribution is 0.0994. The van der Waals surface area contributed by atoms with Gasteiger partial charge in [0.25, 0.3) is 32.1 Å². The molecule has 2 atom stereocenters. The molecule has 6 rings (SSSR count). The van der Waals surface area contributed by atoms with E-state index in [4.69, 9.17) is 0 Å². The second kappa shape index (κ2) is 14.1. The lowest BCUT2D eigenvalue weighted by Gasteiger charge is -2.26. The summed E-state index contributed by atoms with van der Waals surface area (Å²) in [5.74, 6) is -2.65. The molecule has 4 aliphatic rings. The van der Waals surface area contributed by atoms with E-state index in [2.05, 4.69) is 20.6 Å². The topological polar surface area (TPSA) is 249 Å². The molecule has 17 heteroatoms. The zero-order chi connectivity index (χ0) is 37.4. The third-order valence-corrected chi connectivity index (χ3v) is 10.6. The molecule has 0 fully saturated rings. The Morgan fingerprint density at radius 3 is 1.33 bits per heavy atom. The Morgan fingerprint density at radius 2 is 0.981 bits per heavy atom. The van der Waals surface area contributed by atoms with Crippen molar-refractivity contribution in [2.45, 2.75) is 25.7 Å². The third kappa shape index (κ3) is 8.24. The summed E-state index contributed by atoms with van der Waals surface area (Å²) in [6.45, 7) is 0. The molecule has 268 valence electrons. The lowest BCUT2D eigenvalue weighted by atomic mass is 9.83. The Morgan fingerprint density at radius 1 is 0.615 bits per heavy atom. The Balaban J connectivity index is 1.03. The second-order valence-corrected chi connectivity index (χ2v) is 15.2. The number of urea groups is 1. The highest BCUT2D eigenvalue weighted by atomic mass is 32.2. The van der Waals surface area contributed by atoms with Gasteiger partial charge in [-0.1, -0.05) is 12.2 Å². The van der Waals surface area contributed by atoms with Crippen molar-refractivity contribution in [2.75, 3.05) is 10.6 Å². The fourth-order valence-corrected chi connectivity index (χ4v) is 7.33. The van der Waals surface area contributed by atoms with E-state index in [1.807, 2.05) is 0 Å². The number of allylic oxidation sites excluding steroid dienone is 10. The monoisotopic (exact) mass is 746 g/mol. The van der Waals surface area contributed by atoms with Crippen LogP contribution in [-0.4, -0.2) is 65.4 Å². The zero-order valence-corrected chi connectivity index (χ0v) is 28.6. The van der Waals surface area contributed by atoms with E-state index in [1.165, 1.54) is 48.5 Å². The van der Waals surface area contributed by atoms with Crippen LogP contribution < -0.4 is 10.6 Å². The van der Waals surface area contributed by atoms with Crippen LogP contribution in [0.1, 0.15) is 46.4 Å². The number of amides is 4. The van der Waals surface area contributed by atoms with Crippen LogP contribution >= 0.6 is 0 Å². The number of rotatable bonds is 6. The fraction of sp³-hybridized carbons (Fsp3) is 0.171. The highest BCUT2D eigenvalue weighted by Gasteiger charge is 2.32. The molecule has 2 aromatic carbocycles. The van der Waals surface area contributed by atoms with Gasteiger partial charge in [0.05, 0.1) is 9.81 Å². The van der Waals surface area contributed by atoms with Crippen molar-refractivity contribution in [1.82, 2.24) is 0 Å². The minimum absolute atomic E-state index is 0.0168. The number of fused-ring (bicyclic) bond motifs is 2. The van der Waals surface area contributed by atoms with E-state index in [9.17, 15) is 50.5 Å². The molecular weight excluding hydrogens is 717 g/mol. The number of aliphatic hydroxyl groups is 2. The number of anilines is 2. The maximum absolute atomic E-state index is 12.8. The van der Waals surface area contributed by atoms with Crippen LogP contribution in [0.2, 0.25) is 0 Å². The van der Waals surface area contributed by atoms with Gasteiger partial charge >= 0.3 is 6.03 Å².